The van der Waals surface area contributed by atoms with Crippen LogP contribution < -0.4 is 0 Å². The summed E-state index contributed by atoms with van der Waals surface area (Å²) in [5, 5.41) is 23.5. The fraction of sp³-hybridized carbons (Fsp3) is 0.0667. The zero-order chi connectivity index (χ0) is 12.7. The predicted molar refractivity (Wildman–Crippen MR) is 76.6 cm³/mol. The van der Waals surface area contributed by atoms with Crippen molar-refractivity contribution in [2.75, 3.05) is 6.26 Å². The number of fused-ring (bicyclic) bond motifs is 2. The van der Waals surface area contributed by atoms with Gasteiger partial charge in [-0.15, -0.1) is 11.8 Å². The van der Waals surface area contributed by atoms with E-state index in [9.17, 15) is 10.2 Å². The molecule has 0 radical (unpaired) electrons. The Hall–Kier alpha value is -1.87. The molecule has 0 bridgehead atoms. The van der Waals surface area contributed by atoms with Crippen molar-refractivity contribution in [3.05, 3.63) is 42.5 Å². The van der Waals surface area contributed by atoms with E-state index in [1.54, 1.807) is 11.8 Å². The van der Waals surface area contributed by atoms with Crippen molar-refractivity contribution in [1.82, 2.24) is 0 Å². The number of hydrogen-bond acceptors (Lipinski definition) is 3. The lowest BCUT2D eigenvalue weighted by molar-refractivity contribution is 0.478. The molecule has 3 rings (SSSR count). The van der Waals surface area contributed by atoms with Gasteiger partial charge in [-0.2, -0.15) is 0 Å². The molecular formula is C15H12O2S. The molecule has 0 aliphatic heterocycles. The smallest absolute Gasteiger partial charge is 0.132 e. The SMILES string of the molecule is CSc1cccc2c(O)c3ccccc3c(O)c12. The van der Waals surface area contributed by atoms with E-state index in [2.05, 4.69) is 0 Å². The van der Waals surface area contributed by atoms with E-state index >= 15 is 0 Å². The molecule has 0 saturated heterocycles. The van der Waals surface area contributed by atoms with E-state index in [4.69, 9.17) is 0 Å². The Bertz CT molecular complexity index is 750. The molecule has 2 N–H and O–H groups in total. The molecule has 3 heteroatoms. The number of phenolic OH excluding ortho intramolecular Hbond substituents is 2. The van der Waals surface area contributed by atoms with Crippen LogP contribution in [0.15, 0.2) is 47.4 Å². The van der Waals surface area contributed by atoms with Gasteiger partial charge in [-0.3, -0.25) is 0 Å². The minimum Gasteiger partial charge on any atom is -0.507 e. The summed E-state index contributed by atoms with van der Waals surface area (Å²) in [5.74, 6) is 0.470. The molecule has 0 saturated carbocycles. The zero-order valence-corrected chi connectivity index (χ0v) is 10.7. The molecule has 0 atom stereocenters. The highest BCUT2D eigenvalue weighted by molar-refractivity contribution is 7.98. The fourth-order valence-electron chi connectivity index (χ4n) is 2.32. The Morgan fingerprint density at radius 1 is 0.778 bits per heavy atom. The highest BCUT2D eigenvalue weighted by Gasteiger charge is 2.14. The Balaban J connectivity index is 2.63. The molecule has 18 heavy (non-hydrogen) atoms. The number of thioether (sulfide) groups is 1. The molecule has 2 nitrogen and oxygen atoms in total. The van der Waals surface area contributed by atoms with Crippen molar-refractivity contribution < 1.29 is 10.2 Å². The monoisotopic (exact) mass is 256 g/mol. The van der Waals surface area contributed by atoms with Gasteiger partial charge in [0.2, 0.25) is 0 Å². The third kappa shape index (κ3) is 1.44. The van der Waals surface area contributed by atoms with Crippen LogP contribution in [0.3, 0.4) is 0 Å². The maximum atomic E-state index is 10.4. The Morgan fingerprint density at radius 2 is 1.39 bits per heavy atom. The van der Waals surface area contributed by atoms with Gasteiger partial charge in [-0.1, -0.05) is 36.4 Å². The number of benzene rings is 3. The van der Waals surface area contributed by atoms with Crippen LogP contribution in [-0.2, 0) is 0 Å². The van der Waals surface area contributed by atoms with Crippen molar-refractivity contribution in [2.45, 2.75) is 4.90 Å². The van der Waals surface area contributed by atoms with Crippen LogP contribution in [0, 0.1) is 0 Å². The first kappa shape index (κ1) is 11.2. The van der Waals surface area contributed by atoms with E-state index in [-0.39, 0.29) is 11.5 Å². The van der Waals surface area contributed by atoms with Gasteiger partial charge in [0.1, 0.15) is 11.5 Å². The first-order chi connectivity index (χ1) is 8.74. The van der Waals surface area contributed by atoms with Crippen LogP contribution >= 0.6 is 11.8 Å². The first-order valence-electron chi connectivity index (χ1n) is 5.63. The second-order valence-electron chi connectivity index (χ2n) is 4.13. The van der Waals surface area contributed by atoms with Crippen LogP contribution in [0.2, 0.25) is 0 Å². The molecule has 3 aromatic rings. The summed E-state index contributed by atoms with van der Waals surface area (Å²) >= 11 is 1.56. The molecular weight excluding hydrogens is 244 g/mol. The molecule has 0 unspecified atom stereocenters. The lowest BCUT2D eigenvalue weighted by Crippen LogP contribution is -1.83. The second kappa shape index (κ2) is 4.10. The minimum atomic E-state index is 0.231. The molecule has 90 valence electrons. The van der Waals surface area contributed by atoms with Crippen molar-refractivity contribution >= 4 is 33.3 Å². The lowest BCUT2D eigenvalue weighted by Gasteiger charge is -2.11. The van der Waals surface area contributed by atoms with Gasteiger partial charge in [-0.05, 0) is 12.3 Å². The lowest BCUT2D eigenvalue weighted by atomic mass is 10.0. The van der Waals surface area contributed by atoms with Gasteiger partial charge in [0.05, 0.1) is 0 Å². The maximum Gasteiger partial charge on any atom is 0.132 e. The van der Waals surface area contributed by atoms with Crippen LogP contribution in [0.5, 0.6) is 11.5 Å². The third-order valence-electron chi connectivity index (χ3n) is 3.18. The average molecular weight is 256 g/mol. The normalized spacial score (nSPS) is 11.2. The summed E-state index contributed by atoms with van der Waals surface area (Å²) in [6.45, 7) is 0. The van der Waals surface area contributed by atoms with Gasteiger partial charge < -0.3 is 10.2 Å². The van der Waals surface area contributed by atoms with Crippen molar-refractivity contribution in [1.29, 1.82) is 0 Å². The van der Waals surface area contributed by atoms with Gasteiger partial charge in [-0.25, -0.2) is 0 Å². The highest BCUT2D eigenvalue weighted by Crippen LogP contribution is 2.44. The molecule has 0 aliphatic rings. The van der Waals surface area contributed by atoms with E-state index in [0.29, 0.717) is 16.2 Å². The molecule has 0 spiro atoms. The van der Waals surface area contributed by atoms with E-state index in [1.807, 2.05) is 48.7 Å². The summed E-state index contributed by atoms with van der Waals surface area (Å²) in [5.41, 5.74) is 0. The summed E-state index contributed by atoms with van der Waals surface area (Å²) in [6, 6.07) is 13.0. The van der Waals surface area contributed by atoms with Gasteiger partial charge >= 0.3 is 0 Å². The number of rotatable bonds is 1. The quantitative estimate of drug-likeness (QED) is 0.391. The molecule has 3 aromatic carbocycles. The summed E-state index contributed by atoms with van der Waals surface area (Å²) < 4.78 is 0. The number of phenols is 2. The van der Waals surface area contributed by atoms with Crippen LogP contribution in [0.4, 0.5) is 0 Å². The molecule has 0 fully saturated rings. The number of hydrogen-bond donors (Lipinski definition) is 2. The maximum absolute atomic E-state index is 10.4. The standard InChI is InChI=1S/C15H12O2S/c1-18-12-8-4-7-11-13(12)15(17)10-6-3-2-5-9(10)14(11)16/h2-8,16-17H,1H3. The van der Waals surface area contributed by atoms with Crippen LogP contribution in [0.25, 0.3) is 21.5 Å². The summed E-state index contributed by atoms with van der Waals surface area (Å²) in [6.07, 6.45) is 1.96. The van der Waals surface area contributed by atoms with E-state index in [1.165, 1.54) is 0 Å². The van der Waals surface area contributed by atoms with Gasteiger partial charge in [0.15, 0.2) is 0 Å². The van der Waals surface area contributed by atoms with Gasteiger partial charge in [0, 0.05) is 26.4 Å². The Labute approximate surface area is 109 Å². The molecule has 0 amide bonds. The Morgan fingerprint density at radius 3 is 2.06 bits per heavy atom. The topological polar surface area (TPSA) is 40.5 Å². The molecule has 0 aliphatic carbocycles. The largest absolute Gasteiger partial charge is 0.507 e. The Kier molecular flexibility index (Phi) is 2.56. The predicted octanol–water partition coefficient (Wildman–Crippen LogP) is 4.13. The average Bonchev–Trinajstić information content (AvgIpc) is 2.44. The summed E-state index contributed by atoms with van der Waals surface area (Å²) in [4.78, 5) is 0.964. The first-order valence-corrected chi connectivity index (χ1v) is 6.86. The van der Waals surface area contributed by atoms with Crippen molar-refractivity contribution in [2.24, 2.45) is 0 Å². The fourth-order valence-corrected chi connectivity index (χ4v) is 2.94. The van der Waals surface area contributed by atoms with Crippen molar-refractivity contribution in [3.63, 3.8) is 0 Å². The van der Waals surface area contributed by atoms with E-state index < -0.39 is 0 Å². The summed E-state index contributed by atoms with van der Waals surface area (Å²) in [7, 11) is 0. The second-order valence-corrected chi connectivity index (χ2v) is 4.97. The molecule has 0 heterocycles. The third-order valence-corrected chi connectivity index (χ3v) is 3.96. The minimum absolute atomic E-state index is 0.231. The van der Waals surface area contributed by atoms with Gasteiger partial charge in [0.25, 0.3) is 0 Å². The molecule has 0 aromatic heterocycles. The highest BCUT2D eigenvalue weighted by atomic mass is 32.2. The van der Waals surface area contributed by atoms with Crippen molar-refractivity contribution in [3.8, 4) is 11.5 Å². The number of aromatic hydroxyl groups is 2. The van der Waals surface area contributed by atoms with Crippen LogP contribution in [0.1, 0.15) is 0 Å². The van der Waals surface area contributed by atoms with Crippen LogP contribution in [-0.4, -0.2) is 16.5 Å². The van der Waals surface area contributed by atoms with E-state index in [0.717, 1.165) is 10.3 Å². The zero-order valence-electron chi connectivity index (χ0n) is 9.84.